The van der Waals surface area contributed by atoms with Crippen molar-refractivity contribution in [2.75, 3.05) is 7.11 Å². The third-order valence-electron chi connectivity index (χ3n) is 0.614. The topological polar surface area (TPSA) is 68.2 Å². The molecule has 9 heavy (non-hydrogen) atoms. The van der Waals surface area contributed by atoms with Crippen LogP contribution >= 0.6 is 0 Å². The lowest BCUT2D eigenvalue weighted by molar-refractivity contribution is 0.230. The van der Waals surface area contributed by atoms with Crippen LogP contribution in [0.3, 0.4) is 0 Å². The summed E-state index contributed by atoms with van der Waals surface area (Å²) in [6.07, 6.45) is 0. The molecule has 0 fully saturated rings. The van der Waals surface area contributed by atoms with Crippen molar-refractivity contribution >= 4 is 29.5 Å². The summed E-state index contributed by atoms with van der Waals surface area (Å²) in [6, 6.07) is 0. The summed E-state index contributed by atoms with van der Waals surface area (Å²) < 4.78 is 14.1. The Morgan fingerprint density at radius 2 is 1.67 bits per heavy atom. The van der Waals surface area contributed by atoms with Gasteiger partial charge in [-0.3, -0.25) is 0 Å². The van der Waals surface area contributed by atoms with Crippen LogP contribution < -0.4 is 0 Å². The van der Waals surface area contributed by atoms with Crippen LogP contribution in [0.15, 0.2) is 0 Å². The normalized spacial score (nSPS) is 16.3. The molecule has 8 heteroatoms. The first kappa shape index (κ1) is 9.45. The van der Waals surface area contributed by atoms with E-state index in [1.807, 2.05) is 0 Å². The highest BCUT2D eigenvalue weighted by Gasteiger charge is 2.10. The SMILES string of the molecule is CO[SiH](O[SiH2]O)O[SiH2]O. The Labute approximate surface area is 59.7 Å². The minimum absolute atomic E-state index is 1.44. The fourth-order valence-corrected chi connectivity index (χ4v) is 3.62. The highest BCUT2D eigenvalue weighted by molar-refractivity contribution is 6.50. The molecular weight excluding hydrogens is 176 g/mol. The Morgan fingerprint density at radius 1 is 1.22 bits per heavy atom. The fraction of sp³-hybridized carbons (Fsp3) is 1.00. The first-order valence-electron chi connectivity index (χ1n) is 2.33. The summed E-state index contributed by atoms with van der Waals surface area (Å²) in [5.41, 5.74) is 0. The van der Waals surface area contributed by atoms with E-state index >= 15 is 0 Å². The van der Waals surface area contributed by atoms with Gasteiger partial charge in [-0.25, -0.2) is 0 Å². The van der Waals surface area contributed by atoms with Crippen molar-refractivity contribution in [3.8, 4) is 0 Å². The van der Waals surface area contributed by atoms with E-state index in [-0.39, 0.29) is 0 Å². The summed E-state index contributed by atoms with van der Waals surface area (Å²) in [7, 11) is -3.54. The monoisotopic (exact) mass is 186 g/mol. The van der Waals surface area contributed by atoms with E-state index in [1.54, 1.807) is 0 Å². The van der Waals surface area contributed by atoms with Gasteiger partial charge in [-0.15, -0.1) is 0 Å². The largest absolute Gasteiger partial charge is 0.465 e. The molecule has 0 radical (unpaired) electrons. The molecule has 0 saturated heterocycles. The quantitative estimate of drug-likeness (QED) is 0.434. The maximum atomic E-state index is 8.32. The zero-order valence-electron chi connectivity index (χ0n) is 5.11. The number of hydrogen-bond donors (Lipinski definition) is 2. The van der Waals surface area contributed by atoms with Crippen molar-refractivity contribution in [3.63, 3.8) is 0 Å². The van der Waals surface area contributed by atoms with Gasteiger partial charge in [-0.05, 0) is 0 Å². The van der Waals surface area contributed by atoms with Crippen molar-refractivity contribution in [3.05, 3.63) is 0 Å². The molecule has 0 aromatic rings. The summed E-state index contributed by atoms with van der Waals surface area (Å²) >= 11 is 0. The molecule has 5 nitrogen and oxygen atoms in total. The molecule has 0 spiro atoms. The van der Waals surface area contributed by atoms with Crippen LogP contribution in [-0.2, 0) is 12.7 Å². The van der Waals surface area contributed by atoms with Gasteiger partial charge in [0.15, 0.2) is 0 Å². The van der Waals surface area contributed by atoms with E-state index in [9.17, 15) is 0 Å². The highest BCUT2D eigenvalue weighted by atomic mass is 28.4. The molecule has 0 aliphatic heterocycles. The van der Waals surface area contributed by atoms with Crippen molar-refractivity contribution < 1.29 is 22.2 Å². The Morgan fingerprint density at radius 3 is 1.89 bits per heavy atom. The first-order chi connectivity index (χ1) is 4.35. The summed E-state index contributed by atoms with van der Waals surface area (Å²) in [5, 5.41) is 0. The van der Waals surface area contributed by atoms with Gasteiger partial charge in [0.2, 0.25) is 0 Å². The standard InChI is InChI=1S/CH10O5Si3/c1-4-9(5-7-2)6-8-3/h2-3,9H,7-8H2,1H3. The van der Waals surface area contributed by atoms with Crippen LogP contribution in [0.5, 0.6) is 0 Å². The van der Waals surface area contributed by atoms with Crippen molar-refractivity contribution in [1.29, 1.82) is 0 Å². The van der Waals surface area contributed by atoms with Gasteiger partial charge >= 0.3 is 9.53 Å². The van der Waals surface area contributed by atoms with Gasteiger partial charge in [-0.2, -0.15) is 0 Å². The predicted molar refractivity (Wildman–Crippen MR) is 37.9 cm³/mol. The van der Waals surface area contributed by atoms with Crippen LogP contribution in [0.2, 0.25) is 0 Å². The Bertz CT molecular complexity index is 54.2. The molecule has 0 atom stereocenters. The molecular formula is CH10O5Si3. The Balaban J connectivity index is 3.18. The van der Waals surface area contributed by atoms with Gasteiger partial charge in [-0.1, -0.05) is 0 Å². The average Bonchev–Trinajstić information content (AvgIpc) is 1.88. The van der Waals surface area contributed by atoms with Crippen LogP contribution in [0.25, 0.3) is 0 Å². The van der Waals surface area contributed by atoms with Crippen LogP contribution in [0, 0.1) is 0 Å². The molecule has 0 bridgehead atoms. The van der Waals surface area contributed by atoms with Crippen LogP contribution in [0.4, 0.5) is 0 Å². The van der Waals surface area contributed by atoms with Crippen molar-refractivity contribution in [2.45, 2.75) is 0 Å². The second kappa shape index (κ2) is 6.57. The molecule has 0 heterocycles. The first-order valence-corrected chi connectivity index (χ1v) is 6.16. The molecule has 0 aliphatic rings. The third kappa shape index (κ3) is 4.92. The minimum atomic E-state index is -2.09. The van der Waals surface area contributed by atoms with Gasteiger partial charge in [0.1, 0.15) is 0 Å². The molecule has 0 rings (SSSR count). The zero-order valence-corrected chi connectivity index (χ0v) is 9.09. The molecule has 2 N–H and O–H groups in total. The van der Waals surface area contributed by atoms with E-state index < -0.39 is 29.5 Å². The maximum Gasteiger partial charge on any atom is 0.465 e. The molecule has 0 aromatic carbocycles. The van der Waals surface area contributed by atoms with Crippen LogP contribution in [-0.4, -0.2) is 46.2 Å². The van der Waals surface area contributed by atoms with Crippen LogP contribution in [0.1, 0.15) is 0 Å². The summed E-state index contributed by atoms with van der Waals surface area (Å²) in [4.78, 5) is 16.6. The molecule has 0 unspecified atom stereocenters. The molecule has 56 valence electrons. The highest BCUT2D eigenvalue weighted by Crippen LogP contribution is 1.84. The molecule has 0 saturated carbocycles. The van der Waals surface area contributed by atoms with Crippen molar-refractivity contribution in [1.82, 2.24) is 0 Å². The zero-order chi connectivity index (χ0) is 7.11. The van der Waals surface area contributed by atoms with Gasteiger partial charge < -0.3 is 22.2 Å². The van der Waals surface area contributed by atoms with E-state index in [1.165, 1.54) is 7.11 Å². The van der Waals surface area contributed by atoms with E-state index in [0.29, 0.717) is 0 Å². The molecule has 0 aliphatic carbocycles. The fourth-order valence-electron chi connectivity index (χ4n) is 0.306. The lowest BCUT2D eigenvalue weighted by Gasteiger charge is -2.09. The maximum absolute atomic E-state index is 8.32. The van der Waals surface area contributed by atoms with Crippen molar-refractivity contribution in [2.24, 2.45) is 0 Å². The minimum Gasteiger partial charge on any atom is -0.416 e. The van der Waals surface area contributed by atoms with Gasteiger partial charge in [0.05, 0.1) is 0 Å². The van der Waals surface area contributed by atoms with E-state index in [4.69, 9.17) is 17.8 Å². The molecule has 0 amide bonds. The smallest absolute Gasteiger partial charge is 0.416 e. The third-order valence-corrected chi connectivity index (χ3v) is 4.37. The van der Waals surface area contributed by atoms with E-state index in [2.05, 4.69) is 4.43 Å². The second-order valence-electron chi connectivity index (χ2n) is 1.12. The number of rotatable bonds is 5. The van der Waals surface area contributed by atoms with E-state index in [0.717, 1.165) is 0 Å². The number of hydrogen-bond acceptors (Lipinski definition) is 5. The van der Waals surface area contributed by atoms with Gasteiger partial charge in [0, 0.05) is 7.11 Å². The lowest BCUT2D eigenvalue weighted by atomic mass is 11.8. The summed E-state index contributed by atoms with van der Waals surface area (Å²) in [5.74, 6) is 0. The second-order valence-corrected chi connectivity index (χ2v) is 5.35. The average molecular weight is 186 g/mol. The van der Waals surface area contributed by atoms with Gasteiger partial charge in [0.25, 0.3) is 20.0 Å². The Hall–Kier alpha value is 0.451. The predicted octanol–water partition coefficient (Wildman–Crippen LogP) is -3.63. The Kier molecular flexibility index (Phi) is 6.90. The molecule has 0 aromatic heterocycles. The summed E-state index contributed by atoms with van der Waals surface area (Å²) in [6.45, 7) is 0. The lowest BCUT2D eigenvalue weighted by Crippen LogP contribution is -2.28.